The lowest BCUT2D eigenvalue weighted by molar-refractivity contribution is 0.0697. The van der Waals surface area contributed by atoms with Crippen LogP contribution in [0.4, 0.5) is 0 Å². The molecule has 0 radical (unpaired) electrons. The lowest BCUT2D eigenvalue weighted by Crippen LogP contribution is -2.03. The highest BCUT2D eigenvalue weighted by molar-refractivity contribution is 6.01. The molecule has 6 rings (SSSR count). The Bertz CT molecular complexity index is 1700. The second kappa shape index (κ2) is 10.0. The number of nitrogens with zero attached hydrogens (tertiary/aromatic N) is 1. The number of fused-ring (bicyclic) bond motifs is 1. The normalized spacial score (nSPS) is 16.4. The van der Waals surface area contributed by atoms with Crippen LogP contribution in [0, 0.1) is 19.8 Å². The molecule has 0 spiro atoms. The van der Waals surface area contributed by atoms with Crippen LogP contribution < -0.4 is 0 Å². The van der Waals surface area contributed by atoms with Gasteiger partial charge in [-0.25, -0.2) is 4.79 Å². The molecular formula is C35H31NO3. The highest BCUT2D eigenvalue weighted by Crippen LogP contribution is 2.50. The van der Waals surface area contributed by atoms with Crippen molar-refractivity contribution in [3.63, 3.8) is 0 Å². The topological polar surface area (TPSA) is 59.3 Å². The van der Waals surface area contributed by atoms with Gasteiger partial charge in [0.25, 0.3) is 0 Å². The molecule has 4 aromatic carbocycles. The number of carbonyl (C=O) groups excluding carboxylic acids is 1. The van der Waals surface area contributed by atoms with Crippen molar-refractivity contribution in [1.29, 1.82) is 0 Å². The number of aromatic nitrogens is 1. The van der Waals surface area contributed by atoms with Gasteiger partial charge in [0.05, 0.1) is 5.56 Å². The number of carboxylic acids is 1. The van der Waals surface area contributed by atoms with Crippen LogP contribution in [0.2, 0.25) is 0 Å². The van der Waals surface area contributed by atoms with E-state index in [-0.39, 0.29) is 5.78 Å². The Labute approximate surface area is 228 Å². The molecule has 4 nitrogen and oxygen atoms in total. The summed E-state index contributed by atoms with van der Waals surface area (Å²) in [5, 5.41) is 10.7. The molecule has 0 bridgehead atoms. The minimum absolute atomic E-state index is 0.224. The van der Waals surface area contributed by atoms with E-state index in [1.165, 1.54) is 16.8 Å². The van der Waals surface area contributed by atoms with Crippen molar-refractivity contribution in [3.8, 4) is 11.1 Å². The van der Waals surface area contributed by atoms with Crippen molar-refractivity contribution >= 4 is 22.7 Å². The first kappa shape index (κ1) is 24.9. The number of aryl methyl sites for hydroxylation is 1. The van der Waals surface area contributed by atoms with Crippen molar-refractivity contribution in [2.75, 3.05) is 0 Å². The zero-order chi connectivity index (χ0) is 27.1. The highest BCUT2D eigenvalue weighted by Gasteiger charge is 2.39. The quantitative estimate of drug-likeness (QED) is 0.214. The second-order valence-electron chi connectivity index (χ2n) is 10.7. The largest absolute Gasteiger partial charge is 0.478 e. The van der Waals surface area contributed by atoms with Crippen LogP contribution >= 0.6 is 0 Å². The van der Waals surface area contributed by atoms with Gasteiger partial charge in [-0.15, -0.1) is 0 Å². The molecule has 1 N–H and O–H groups in total. The van der Waals surface area contributed by atoms with E-state index in [0.717, 1.165) is 34.0 Å². The van der Waals surface area contributed by atoms with E-state index in [0.29, 0.717) is 35.9 Å². The lowest BCUT2D eigenvalue weighted by Gasteiger charge is -2.11. The minimum Gasteiger partial charge on any atom is -0.478 e. The summed E-state index contributed by atoms with van der Waals surface area (Å²) >= 11 is 0. The summed E-state index contributed by atoms with van der Waals surface area (Å²) in [6.45, 7) is 4.95. The molecule has 1 heterocycles. The SMILES string of the molecule is Cc1c(C)n(Cc2ccc(-c3ccccc3C(=O)O)cc2)c2ccc(C(=O)C[C@@H]3C[C@H]3c3ccccc3)cc12. The van der Waals surface area contributed by atoms with Crippen molar-refractivity contribution in [2.45, 2.75) is 39.2 Å². The summed E-state index contributed by atoms with van der Waals surface area (Å²) in [5.41, 5.74) is 8.67. The van der Waals surface area contributed by atoms with E-state index < -0.39 is 5.97 Å². The van der Waals surface area contributed by atoms with Gasteiger partial charge in [0.1, 0.15) is 0 Å². The van der Waals surface area contributed by atoms with E-state index in [2.05, 4.69) is 66.9 Å². The molecule has 2 atom stereocenters. The van der Waals surface area contributed by atoms with Gasteiger partial charge in [0.2, 0.25) is 0 Å². The first-order valence-corrected chi connectivity index (χ1v) is 13.5. The number of Topliss-reactive ketones (excluding diaryl/α,β-unsaturated/α-hetero) is 1. The van der Waals surface area contributed by atoms with Crippen LogP contribution in [0.5, 0.6) is 0 Å². The molecular weight excluding hydrogens is 482 g/mol. The van der Waals surface area contributed by atoms with E-state index >= 15 is 0 Å². The third kappa shape index (κ3) is 4.79. The fraction of sp³-hybridized carbons (Fsp3) is 0.200. The molecule has 1 aromatic heterocycles. The first-order valence-electron chi connectivity index (χ1n) is 13.5. The average Bonchev–Trinajstić information content (AvgIpc) is 3.70. The van der Waals surface area contributed by atoms with Crippen LogP contribution in [0.15, 0.2) is 97.1 Å². The zero-order valence-corrected chi connectivity index (χ0v) is 22.2. The molecule has 1 fully saturated rings. The summed E-state index contributed by atoms with van der Waals surface area (Å²) < 4.78 is 2.30. The fourth-order valence-electron chi connectivity index (χ4n) is 5.86. The fourth-order valence-corrected chi connectivity index (χ4v) is 5.86. The Morgan fingerprint density at radius 3 is 2.33 bits per heavy atom. The van der Waals surface area contributed by atoms with Crippen LogP contribution in [0.1, 0.15) is 61.9 Å². The van der Waals surface area contributed by atoms with Crippen LogP contribution in [-0.2, 0) is 6.54 Å². The van der Waals surface area contributed by atoms with Gasteiger partial charge in [-0.2, -0.15) is 0 Å². The van der Waals surface area contributed by atoms with Crippen LogP contribution in [0.3, 0.4) is 0 Å². The van der Waals surface area contributed by atoms with Gasteiger partial charge in [-0.1, -0.05) is 72.8 Å². The molecule has 0 saturated heterocycles. The predicted molar refractivity (Wildman–Crippen MR) is 156 cm³/mol. The van der Waals surface area contributed by atoms with Crippen molar-refractivity contribution in [2.24, 2.45) is 5.92 Å². The molecule has 39 heavy (non-hydrogen) atoms. The van der Waals surface area contributed by atoms with E-state index in [1.54, 1.807) is 12.1 Å². The van der Waals surface area contributed by atoms with Crippen LogP contribution in [0.25, 0.3) is 22.0 Å². The van der Waals surface area contributed by atoms with Crippen molar-refractivity contribution < 1.29 is 14.7 Å². The van der Waals surface area contributed by atoms with Gasteiger partial charge >= 0.3 is 5.97 Å². The Kier molecular flexibility index (Phi) is 6.40. The molecule has 0 aliphatic heterocycles. The molecule has 0 unspecified atom stereocenters. The van der Waals surface area contributed by atoms with Crippen LogP contribution in [-0.4, -0.2) is 21.4 Å². The Balaban J connectivity index is 1.21. The first-order chi connectivity index (χ1) is 18.9. The number of ketones is 1. The number of carboxylic acid groups (broad SMARTS) is 1. The smallest absolute Gasteiger partial charge is 0.336 e. The summed E-state index contributed by atoms with van der Waals surface area (Å²) in [4.78, 5) is 24.8. The summed E-state index contributed by atoms with van der Waals surface area (Å²) in [6.07, 6.45) is 1.69. The monoisotopic (exact) mass is 513 g/mol. The maximum Gasteiger partial charge on any atom is 0.336 e. The third-order valence-corrected chi connectivity index (χ3v) is 8.32. The molecule has 1 aliphatic rings. The number of benzene rings is 4. The summed E-state index contributed by atoms with van der Waals surface area (Å²) in [6, 6.07) is 31.8. The molecule has 1 aliphatic carbocycles. The van der Waals surface area contributed by atoms with Gasteiger partial charge in [-0.05, 0) is 84.2 Å². The molecule has 5 aromatic rings. The zero-order valence-electron chi connectivity index (χ0n) is 22.2. The summed E-state index contributed by atoms with van der Waals surface area (Å²) in [7, 11) is 0. The van der Waals surface area contributed by atoms with Gasteiger partial charge in [0, 0.05) is 35.1 Å². The maximum absolute atomic E-state index is 13.2. The van der Waals surface area contributed by atoms with Gasteiger partial charge in [0.15, 0.2) is 5.78 Å². The number of rotatable bonds is 8. The number of hydrogen-bond donors (Lipinski definition) is 1. The van der Waals surface area contributed by atoms with Crippen molar-refractivity contribution in [3.05, 3.63) is 131 Å². The Morgan fingerprint density at radius 1 is 0.872 bits per heavy atom. The Morgan fingerprint density at radius 2 is 1.59 bits per heavy atom. The van der Waals surface area contributed by atoms with Gasteiger partial charge < -0.3 is 9.67 Å². The minimum atomic E-state index is -0.925. The highest BCUT2D eigenvalue weighted by atomic mass is 16.4. The van der Waals surface area contributed by atoms with Crippen molar-refractivity contribution in [1.82, 2.24) is 4.57 Å². The van der Waals surface area contributed by atoms with E-state index in [4.69, 9.17) is 0 Å². The molecule has 0 amide bonds. The molecule has 4 heteroatoms. The lowest BCUT2D eigenvalue weighted by atomic mass is 9.99. The van der Waals surface area contributed by atoms with E-state index in [1.807, 2.05) is 36.4 Å². The third-order valence-electron chi connectivity index (χ3n) is 8.32. The summed E-state index contributed by atoms with van der Waals surface area (Å²) in [5.74, 6) is 0.245. The molecule has 194 valence electrons. The second-order valence-corrected chi connectivity index (χ2v) is 10.7. The molecule has 1 saturated carbocycles. The number of hydrogen-bond acceptors (Lipinski definition) is 2. The number of carbonyl (C=O) groups is 2. The van der Waals surface area contributed by atoms with Gasteiger partial charge in [-0.3, -0.25) is 4.79 Å². The standard InChI is InChI=1S/C35H31NO3/c1-22-23(2)36(21-24-12-14-26(15-13-24)29-10-6-7-11-30(29)35(38)39)33-17-16-27(18-31(22)33)34(37)20-28-19-32(28)25-8-4-3-5-9-25/h3-18,28,32H,19-21H2,1-2H3,(H,38,39)/t28-,32-/m0/s1. The Hall–Kier alpha value is -4.44. The van der Waals surface area contributed by atoms with E-state index in [9.17, 15) is 14.7 Å². The number of aromatic carboxylic acids is 1. The average molecular weight is 514 g/mol. The maximum atomic E-state index is 13.2. The predicted octanol–water partition coefficient (Wildman–Crippen LogP) is 8.05.